The van der Waals surface area contributed by atoms with Crippen molar-refractivity contribution >= 4 is 5.78 Å². The van der Waals surface area contributed by atoms with Gasteiger partial charge in [0.25, 0.3) is 0 Å². The van der Waals surface area contributed by atoms with Crippen molar-refractivity contribution in [3.05, 3.63) is 48.6 Å². The van der Waals surface area contributed by atoms with Crippen LogP contribution >= 0.6 is 0 Å². The van der Waals surface area contributed by atoms with Crippen LogP contribution in [0.3, 0.4) is 0 Å². The van der Waals surface area contributed by atoms with Crippen LogP contribution in [0.4, 0.5) is 0 Å². The van der Waals surface area contributed by atoms with E-state index >= 15 is 0 Å². The standard InChI is InChI=1S/C16H22O/c1-3-5-6-7-8-9-11-15-14(10-4-2)12-13-16(15)17/h4,8-9,11-14H,2-3,5-7,10H2,1H3/b9-8+,15-11+/t14-/m1/s1. The van der Waals surface area contributed by atoms with Crippen LogP contribution in [0.2, 0.25) is 0 Å². The van der Waals surface area contributed by atoms with Crippen molar-refractivity contribution in [3.63, 3.8) is 0 Å². The fourth-order valence-corrected chi connectivity index (χ4v) is 1.96. The lowest BCUT2D eigenvalue weighted by molar-refractivity contribution is -0.111. The van der Waals surface area contributed by atoms with E-state index in [1.165, 1.54) is 19.3 Å². The fraction of sp³-hybridized carbons (Fsp3) is 0.438. The van der Waals surface area contributed by atoms with Gasteiger partial charge in [-0.1, -0.05) is 50.1 Å². The Balaban J connectivity index is 2.46. The number of allylic oxidation sites excluding steroid dienone is 7. The number of carbonyl (C=O) groups excluding carboxylic acids is 1. The molecular formula is C16H22O. The number of rotatable bonds is 7. The number of unbranched alkanes of at least 4 members (excludes halogenated alkanes) is 3. The molecule has 1 heteroatoms. The maximum Gasteiger partial charge on any atom is 0.182 e. The molecule has 0 bridgehead atoms. The summed E-state index contributed by atoms with van der Waals surface area (Å²) in [6.07, 6.45) is 17.4. The van der Waals surface area contributed by atoms with Gasteiger partial charge in [0.15, 0.2) is 5.78 Å². The molecule has 1 rings (SSSR count). The lowest BCUT2D eigenvalue weighted by Crippen LogP contribution is -2.01. The maximum absolute atomic E-state index is 11.6. The van der Waals surface area contributed by atoms with Crippen molar-refractivity contribution in [1.29, 1.82) is 0 Å². The van der Waals surface area contributed by atoms with E-state index in [-0.39, 0.29) is 11.7 Å². The lowest BCUT2D eigenvalue weighted by Gasteiger charge is -2.05. The van der Waals surface area contributed by atoms with Crippen molar-refractivity contribution in [2.45, 2.75) is 39.0 Å². The number of ketones is 1. The largest absolute Gasteiger partial charge is 0.290 e. The molecule has 17 heavy (non-hydrogen) atoms. The minimum atomic E-state index is 0.148. The third kappa shape index (κ3) is 4.56. The Kier molecular flexibility index (Phi) is 6.31. The van der Waals surface area contributed by atoms with Gasteiger partial charge in [0.1, 0.15) is 0 Å². The van der Waals surface area contributed by atoms with Crippen LogP contribution in [0.1, 0.15) is 39.0 Å². The molecule has 1 aliphatic rings. The molecule has 92 valence electrons. The zero-order valence-corrected chi connectivity index (χ0v) is 10.7. The second-order valence-corrected chi connectivity index (χ2v) is 4.40. The molecular weight excluding hydrogens is 208 g/mol. The van der Waals surface area contributed by atoms with E-state index < -0.39 is 0 Å². The summed E-state index contributed by atoms with van der Waals surface area (Å²) in [6.45, 7) is 5.93. The summed E-state index contributed by atoms with van der Waals surface area (Å²) >= 11 is 0. The van der Waals surface area contributed by atoms with Crippen molar-refractivity contribution in [3.8, 4) is 0 Å². The fourth-order valence-electron chi connectivity index (χ4n) is 1.96. The van der Waals surface area contributed by atoms with Gasteiger partial charge >= 0.3 is 0 Å². The average molecular weight is 230 g/mol. The molecule has 0 unspecified atom stereocenters. The van der Waals surface area contributed by atoms with Gasteiger partial charge in [-0.3, -0.25) is 4.79 Å². The molecule has 0 aromatic rings. The van der Waals surface area contributed by atoms with Crippen molar-refractivity contribution in [2.75, 3.05) is 0 Å². The highest BCUT2D eigenvalue weighted by atomic mass is 16.1. The molecule has 0 heterocycles. The monoisotopic (exact) mass is 230 g/mol. The minimum absolute atomic E-state index is 0.148. The van der Waals surface area contributed by atoms with Gasteiger partial charge in [-0.05, 0) is 25.3 Å². The van der Waals surface area contributed by atoms with Gasteiger partial charge < -0.3 is 0 Å². The number of carbonyl (C=O) groups is 1. The summed E-state index contributed by atoms with van der Waals surface area (Å²) in [5.41, 5.74) is 0.900. The Morgan fingerprint density at radius 2 is 2.24 bits per heavy atom. The Morgan fingerprint density at radius 3 is 2.94 bits per heavy atom. The quantitative estimate of drug-likeness (QED) is 0.360. The van der Waals surface area contributed by atoms with E-state index in [2.05, 4.69) is 19.6 Å². The van der Waals surface area contributed by atoms with E-state index in [1.54, 1.807) is 6.08 Å². The Hall–Kier alpha value is -1.37. The normalized spacial score (nSPS) is 21.8. The zero-order chi connectivity index (χ0) is 12.5. The second-order valence-electron chi connectivity index (χ2n) is 4.40. The van der Waals surface area contributed by atoms with Gasteiger partial charge in [-0.15, -0.1) is 6.58 Å². The highest BCUT2D eigenvalue weighted by Crippen LogP contribution is 2.24. The van der Waals surface area contributed by atoms with Crippen molar-refractivity contribution < 1.29 is 4.79 Å². The molecule has 0 amide bonds. The summed E-state index contributed by atoms with van der Waals surface area (Å²) in [7, 11) is 0. The molecule has 0 aromatic carbocycles. The van der Waals surface area contributed by atoms with Crippen LogP contribution in [0.15, 0.2) is 48.6 Å². The van der Waals surface area contributed by atoms with Gasteiger partial charge in [0.05, 0.1) is 0 Å². The molecule has 1 atom stereocenters. The van der Waals surface area contributed by atoms with Crippen LogP contribution < -0.4 is 0 Å². The third-order valence-electron chi connectivity index (χ3n) is 2.97. The van der Waals surface area contributed by atoms with Crippen LogP contribution in [-0.4, -0.2) is 5.78 Å². The van der Waals surface area contributed by atoms with E-state index in [0.717, 1.165) is 18.4 Å². The summed E-state index contributed by atoms with van der Waals surface area (Å²) in [5.74, 6) is 0.385. The maximum atomic E-state index is 11.6. The summed E-state index contributed by atoms with van der Waals surface area (Å²) in [6, 6.07) is 0. The number of hydrogen-bond acceptors (Lipinski definition) is 1. The highest BCUT2D eigenvalue weighted by Gasteiger charge is 2.20. The Morgan fingerprint density at radius 1 is 1.41 bits per heavy atom. The smallest absolute Gasteiger partial charge is 0.182 e. The van der Waals surface area contributed by atoms with Crippen LogP contribution in [-0.2, 0) is 4.79 Å². The molecule has 0 aliphatic heterocycles. The molecule has 1 nitrogen and oxygen atoms in total. The first-order chi connectivity index (χ1) is 8.29. The summed E-state index contributed by atoms with van der Waals surface area (Å²) < 4.78 is 0. The highest BCUT2D eigenvalue weighted by molar-refractivity contribution is 6.07. The van der Waals surface area contributed by atoms with Gasteiger partial charge in [-0.2, -0.15) is 0 Å². The second kappa shape index (κ2) is 7.83. The Labute approximate surface area is 105 Å². The van der Waals surface area contributed by atoms with Crippen LogP contribution in [0, 0.1) is 5.92 Å². The number of hydrogen-bond donors (Lipinski definition) is 0. The molecule has 0 aromatic heterocycles. The van der Waals surface area contributed by atoms with Crippen LogP contribution in [0.25, 0.3) is 0 Å². The molecule has 0 radical (unpaired) electrons. The van der Waals surface area contributed by atoms with Crippen molar-refractivity contribution in [1.82, 2.24) is 0 Å². The first kappa shape index (κ1) is 13.7. The predicted octanol–water partition coefficient (Wildman–Crippen LogP) is 4.38. The first-order valence-electron chi connectivity index (χ1n) is 6.49. The lowest BCUT2D eigenvalue weighted by atomic mass is 9.98. The summed E-state index contributed by atoms with van der Waals surface area (Å²) in [4.78, 5) is 11.6. The molecule has 0 saturated carbocycles. The van der Waals surface area contributed by atoms with Gasteiger partial charge in [-0.25, -0.2) is 0 Å². The third-order valence-corrected chi connectivity index (χ3v) is 2.97. The van der Waals surface area contributed by atoms with Crippen molar-refractivity contribution in [2.24, 2.45) is 5.92 Å². The molecule has 1 aliphatic carbocycles. The zero-order valence-electron chi connectivity index (χ0n) is 10.7. The minimum Gasteiger partial charge on any atom is -0.290 e. The molecule has 0 N–H and O–H groups in total. The molecule has 0 saturated heterocycles. The molecule has 0 fully saturated rings. The van der Waals surface area contributed by atoms with Gasteiger partial charge in [0, 0.05) is 11.5 Å². The van der Waals surface area contributed by atoms with Crippen LogP contribution in [0.5, 0.6) is 0 Å². The topological polar surface area (TPSA) is 17.1 Å². The van der Waals surface area contributed by atoms with Gasteiger partial charge in [0.2, 0.25) is 0 Å². The Bertz CT molecular complexity index is 345. The van der Waals surface area contributed by atoms with E-state index in [0.29, 0.717) is 0 Å². The molecule has 0 spiro atoms. The summed E-state index contributed by atoms with van der Waals surface area (Å²) in [5, 5.41) is 0. The van der Waals surface area contributed by atoms with E-state index in [9.17, 15) is 4.79 Å². The SMILES string of the molecule is C=CC[C@@H]1C=CC(=O)/C1=C/C=C/CCCCC. The first-order valence-corrected chi connectivity index (χ1v) is 6.49. The van der Waals surface area contributed by atoms with E-state index in [4.69, 9.17) is 0 Å². The predicted molar refractivity (Wildman–Crippen MR) is 73.8 cm³/mol. The van der Waals surface area contributed by atoms with E-state index in [1.807, 2.05) is 24.3 Å². The average Bonchev–Trinajstić information content (AvgIpc) is 2.66.